The van der Waals surface area contributed by atoms with Gasteiger partial charge in [0.05, 0.1) is 0 Å². The molecule has 0 aliphatic rings. The number of rotatable bonds is 4. The van der Waals surface area contributed by atoms with E-state index in [-0.39, 0.29) is 0 Å². The summed E-state index contributed by atoms with van der Waals surface area (Å²) in [6.45, 7) is 11.2. The van der Waals surface area contributed by atoms with Gasteiger partial charge in [0.1, 0.15) is 0 Å². The zero-order chi connectivity index (χ0) is 10.4. The topological polar surface area (TPSA) is 3.24 Å². The summed E-state index contributed by atoms with van der Waals surface area (Å²) in [5.74, 6) is 1.41. The first-order valence-corrected chi connectivity index (χ1v) is 11.4. The molecule has 0 radical (unpaired) electrons. The van der Waals surface area contributed by atoms with Crippen molar-refractivity contribution in [3.8, 4) is 0 Å². The third kappa shape index (κ3) is 7.13. The van der Waals surface area contributed by atoms with Crippen LogP contribution in [0.5, 0.6) is 0 Å². The van der Waals surface area contributed by atoms with Gasteiger partial charge in [-0.05, 0) is 0 Å². The predicted octanol–water partition coefficient (Wildman–Crippen LogP) is 2.70. The van der Waals surface area contributed by atoms with Gasteiger partial charge in [0.25, 0.3) is 0 Å². The molecule has 0 aromatic rings. The first kappa shape index (κ1) is 14.2. The van der Waals surface area contributed by atoms with Crippen LogP contribution >= 0.6 is 20.5 Å². The van der Waals surface area contributed by atoms with Crippen molar-refractivity contribution in [3.63, 3.8) is 0 Å². The molecule has 0 atom stereocenters. The van der Waals surface area contributed by atoms with E-state index in [2.05, 4.69) is 32.6 Å². The zero-order valence-corrected chi connectivity index (χ0v) is 15.0. The number of hydrogen-bond donors (Lipinski definition) is 0. The van der Waals surface area contributed by atoms with Crippen LogP contribution in [0.1, 0.15) is 27.7 Å². The molecule has 0 amide bonds. The van der Waals surface area contributed by atoms with Crippen LogP contribution in [0.25, 0.3) is 0 Å². The molecule has 0 N–H and O–H groups in total. The average molecular weight is 409 g/mol. The third-order valence-electron chi connectivity index (χ3n) is 1.53. The molecule has 4 heteroatoms. The molecule has 0 heterocycles. The molecular weight excluding hydrogens is 391 g/mol. The fourth-order valence-electron chi connectivity index (χ4n) is 1.18. The summed E-state index contributed by atoms with van der Waals surface area (Å²) in [6.07, 6.45) is 0. The van der Waals surface area contributed by atoms with Crippen molar-refractivity contribution in [2.45, 2.75) is 27.7 Å². The van der Waals surface area contributed by atoms with Gasteiger partial charge in [0.15, 0.2) is 0 Å². The molecule has 0 saturated heterocycles. The molecule has 0 spiro atoms. The maximum absolute atomic E-state index is 5.34. The van der Waals surface area contributed by atoms with E-state index >= 15 is 0 Å². The second-order valence-electron chi connectivity index (χ2n) is 4.08. The Bertz CT molecular complexity index is 150. The Labute approximate surface area is 106 Å². The van der Waals surface area contributed by atoms with Gasteiger partial charge in [-0.1, -0.05) is 0 Å². The second kappa shape index (κ2) is 7.45. The van der Waals surface area contributed by atoms with Crippen molar-refractivity contribution < 1.29 is 0 Å². The summed E-state index contributed by atoms with van der Waals surface area (Å²) >= 11 is 6.26. The molecule has 74 valence electrons. The standard InChI is InChI=1S/C9H19NS2.Tl/c1-7(2)5-10(9(11)12)6-8(3)4;/h7-8H,5-6H2,1-4H3,(H,11,12);/q;+1/p-1. The Kier molecular flexibility index (Phi) is 8.12. The molecular formula is C9H18NS2Tl. The fraction of sp³-hybridized carbons (Fsp3) is 0.889. The predicted molar refractivity (Wildman–Crippen MR) is 67.2 cm³/mol. The maximum atomic E-state index is 5.34. The van der Waals surface area contributed by atoms with Crippen LogP contribution in [0, 0.1) is 11.8 Å². The van der Waals surface area contributed by atoms with Gasteiger partial charge in [0, 0.05) is 0 Å². The molecule has 0 aromatic heterocycles. The summed E-state index contributed by atoms with van der Waals surface area (Å²) in [6, 6.07) is 0. The Balaban J connectivity index is 4.10. The first-order valence-electron chi connectivity index (χ1n) is 4.63. The van der Waals surface area contributed by atoms with Crippen molar-refractivity contribution in [3.05, 3.63) is 0 Å². The molecule has 0 aliphatic heterocycles. The van der Waals surface area contributed by atoms with Crippen LogP contribution in [-0.4, -0.2) is 46.6 Å². The van der Waals surface area contributed by atoms with Crippen LogP contribution in [0.3, 0.4) is 0 Å². The quantitative estimate of drug-likeness (QED) is 0.520. The second-order valence-corrected chi connectivity index (χ2v) is 8.09. The summed E-state index contributed by atoms with van der Waals surface area (Å²) in [7, 11) is 1.84. The molecule has 13 heavy (non-hydrogen) atoms. The van der Waals surface area contributed by atoms with Crippen LogP contribution in [0.4, 0.5) is 0 Å². The molecule has 0 saturated carbocycles. The van der Waals surface area contributed by atoms with Crippen LogP contribution in [0.2, 0.25) is 0 Å². The first-order chi connectivity index (χ1) is 5.97. The monoisotopic (exact) mass is 409 g/mol. The molecule has 1 nitrogen and oxygen atoms in total. The minimum absolute atomic E-state index is 0.703. The molecule has 0 aromatic carbocycles. The van der Waals surface area contributed by atoms with Crippen molar-refractivity contribution >= 4 is 49.1 Å². The van der Waals surface area contributed by atoms with Gasteiger partial charge in [-0.15, -0.1) is 0 Å². The van der Waals surface area contributed by atoms with Gasteiger partial charge in [-0.2, -0.15) is 0 Å². The molecule has 0 aliphatic carbocycles. The van der Waals surface area contributed by atoms with Gasteiger partial charge >= 0.3 is 107 Å². The van der Waals surface area contributed by atoms with Crippen LogP contribution < -0.4 is 0 Å². The summed E-state index contributed by atoms with van der Waals surface area (Å²) in [5, 5.41) is 0. The van der Waals surface area contributed by atoms with Crippen molar-refractivity contribution in [1.82, 2.24) is 4.90 Å². The zero-order valence-electron chi connectivity index (χ0n) is 8.91. The molecule has 0 unspecified atom stereocenters. The van der Waals surface area contributed by atoms with E-state index in [4.69, 9.17) is 12.2 Å². The number of nitrogens with zero attached hydrogens (tertiary/aromatic N) is 1. The minimum atomic E-state index is 0.703. The van der Waals surface area contributed by atoms with Crippen molar-refractivity contribution in [1.29, 1.82) is 0 Å². The fourth-order valence-corrected chi connectivity index (χ4v) is 3.37. The Morgan fingerprint density at radius 3 is 1.85 bits per heavy atom. The average Bonchev–Trinajstić information content (AvgIpc) is 2.00. The van der Waals surface area contributed by atoms with E-state index in [9.17, 15) is 0 Å². The van der Waals surface area contributed by atoms with E-state index in [0.717, 1.165) is 41.7 Å². The molecule has 0 bridgehead atoms. The number of thiocarbonyl (C=S) groups is 1. The van der Waals surface area contributed by atoms with E-state index < -0.39 is 0 Å². The summed E-state index contributed by atoms with van der Waals surface area (Å²) in [5.41, 5.74) is 0. The third-order valence-corrected chi connectivity index (χ3v) is 7.13. The van der Waals surface area contributed by atoms with Crippen LogP contribution in [0.15, 0.2) is 0 Å². The summed E-state index contributed by atoms with van der Waals surface area (Å²) in [4.78, 5) is 2.36. The molecule has 0 fully saturated rings. The van der Waals surface area contributed by atoms with Gasteiger partial charge in [0.2, 0.25) is 0 Å². The Morgan fingerprint density at radius 1 is 1.23 bits per heavy atom. The van der Waals surface area contributed by atoms with E-state index in [1.165, 1.54) is 0 Å². The van der Waals surface area contributed by atoms with Gasteiger partial charge < -0.3 is 0 Å². The number of hydrogen-bond acceptors (Lipinski definition) is 2. The molecule has 0 rings (SSSR count). The SMILES string of the molecule is CC(C)CN(CC(C)C)C(=S)[S][Tl]. The van der Waals surface area contributed by atoms with Crippen molar-refractivity contribution in [2.75, 3.05) is 13.1 Å². The normalized spacial score (nSPS) is 10.8. The Hall–Kier alpha value is 1.16. The Morgan fingerprint density at radius 2 is 1.62 bits per heavy atom. The van der Waals surface area contributed by atoms with Crippen LogP contribution in [-0.2, 0) is 0 Å². The van der Waals surface area contributed by atoms with E-state index in [1.54, 1.807) is 0 Å². The summed E-state index contributed by atoms with van der Waals surface area (Å²) < 4.78 is 1.10. The van der Waals surface area contributed by atoms with Crippen molar-refractivity contribution in [2.24, 2.45) is 11.8 Å². The van der Waals surface area contributed by atoms with E-state index in [0.29, 0.717) is 11.8 Å². The van der Waals surface area contributed by atoms with E-state index in [1.807, 2.05) is 8.31 Å². The van der Waals surface area contributed by atoms with Gasteiger partial charge in [-0.3, -0.25) is 0 Å². The van der Waals surface area contributed by atoms with Gasteiger partial charge in [-0.25, -0.2) is 0 Å².